The molecule has 0 fully saturated rings. The van der Waals surface area contributed by atoms with E-state index in [9.17, 15) is 14.0 Å². The van der Waals surface area contributed by atoms with E-state index in [2.05, 4.69) is 20.5 Å². The fourth-order valence-corrected chi connectivity index (χ4v) is 3.80. The Labute approximate surface area is 210 Å². The number of benzene rings is 3. The largest absolute Gasteiger partial charge is 0.489 e. The highest BCUT2D eigenvalue weighted by molar-refractivity contribution is 5.80. The Balaban J connectivity index is 1.36. The number of hydrazone groups is 1. The minimum absolute atomic E-state index is 0.198. The first kappa shape index (κ1) is 23.7. The number of H-pyrrole nitrogens is 1. The summed E-state index contributed by atoms with van der Waals surface area (Å²) in [5, 5.41) is 4.27. The van der Waals surface area contributed by atoms with E-state index in [-0.39, 0.29) is 29.5 Å². The molecule has 10 heteroatoms. The highest BCUT2D eigenvalue weighted by Gasteiger charge is 2.17. The number of aromatic amines is 1. The van der Waals surface area contributed by atoms with Crippen LogP contribution in [0.5, 0.6) is 5.75 Å². The number of fused-ring (bicyclic) bond motifs is 1. The van der Waals surface area contributed by atoms with E-state index >= 15 is 0 Å². The van der Waals surface area contributed by atoms with E-state index in [0.717, 1.165) is 22.4 Å². The third-order valence-corrected chi connectivity index (χ3v) is 5.77. The average Bonchev–Trinajstić information content (AvgIpc) is 3.27. The summed E-state index contributed by atoms with van der Waals surface area (Å²) in [5.41, 5.74) is 4.75. The average molecular weight is 499 g/mol. The second-order valence-corrected chi connectivity index (χ2v) is 8.35. The smallest absolute Gasteiger partial charge is 0.329 e. The standard InChI is InChI=1S/C27H23FN6O3/c1-33-24-23(25(35)31-27(33)36)34(16-19-7-11-21(28)12-8-19)26(30-24)32-29-15-18-9-13-22(14-10-18)37-17-20-5-3-2-4-6-20/h2-15H,16-17H2,1H3,(H,30,32)(H,31,35,36)/b29-15-. The van der Waals surface area contributed by atoms with Gasteiger partial charge >= 0.3 is 5.69 Å². The van der Waals surface area contributed by atoms with Gasteiger partial charge < -0.3 is 4.74 Å². The van der Waals surface area contributed by atoms with Gasteiger partial charge in [-0.25, -0.2) is 14.6 Å². The molecule has 186 valence electrons. The highest BCUT2D eigenvalue weighted by atomic mass is 19.1. The molecule has 2 N–H and O–H groups in total. The first-order valence-corrected chi connectivity index (χ1v) is 11.5. The van der Waals surface area contributed by atoms with Gasteiger partial charge in [-0.15, -0.1) is 0 Å². The fraction of sp³-hybridized carbons (Fsp3) is 0.111. The number of nitrogens with one attached hydrogen (secondary N) is 2. The molecule has 0 amide bonds. The minimum Gasteiger partial charge on any atom is -0.489 e. The molecule has 0 saturated heterocycles. The SMILES string of the molecule is Cn1c(=O)[nH]c(=O)c2c1nc(N/N=C\c1ccc(OCc3ccccc3)cc1)n2Cc1ccc(F)cc1. The van der Waals surface area contributed by atoms with E-state index in [1.807, 2.05) is 54.6 Å². The van der Waals surface area contributed by atoms with Crippen LogP contribution >= 0.6 is 0 Å². The normalized spacial score (nSPS) is 11.3. The molecule has 0 aliphatic carbocycles. The molecule has 0 spiro atoms. The zero-order valence-corrected chi connectivity index (χ0v) is 19.9. The van der Waals surface area contributed by atoms with Gasteiger partial charge in [0.05, 0.1) is 12.8 Å². The summed E-state index contributed by atoms with van der Waals surface area (Å²) in [6, 6.07) is 23.2. The van der Waals surface area contributed by atoms with Gasteiger partial charge in [-0.2, -0.15) is 10.1 Å². The lowest BCUT2D eigenvalue weighted by molar-refractivity contribution is 0.306. The Bertz CT molecular complexity index is 1670. The number of imidazole rings is 1. The Kier molecular flexibility index (Phi) is 6.62. The lowest BCUT2D eigenvalue weighted by Crippen LogP contribution is -2.29. The number of ether oxygens (including phenoxy) is 1. The number of halogens is 1. The Morgan fingerprint density at radius 3 is 2.46 bits per heavy atom. The van der Waals surface area contributed by atoms with Crippen LogP contribution in [0.2, 0.25) is 0 Å². The third kappa shape index (κ3) is 5.32. The van der Waals surface area contributed by atoms with Gasteiger partial charge in [0.1, 0.15) is 18.2 Å². The first-order chi connectivity index (χ1) is 18.0. The van der Waals surface area contributed by atoms with E-state index in [4.69, 9.17) is 4.74 Å². The lowest BCUT2D eigenvalue weighted by atomic mass is 10.2. The van der Waals surface area contributed by atoms with Crippen molar-refractivity contribution < 1.29 is 9.13 Å². The van der Waals surface area contributed by atoms with E-state index in [1.54, 1.807) is 22.9 Å². The predicted octanol–water partition coefficient (Wildman–Crippen LogP) is 3.64. The molecule has 2 aromatic heterocycles. The second kappa shape index (κ2) is 10.3. The molecule has 0 aliphatic heterocycles. The molecule has 9 nitrogen and oxygen atoms in total. The summed E-state index contributed by atoms with van der Waals surface area (Å²) in [7, 11) is 1.52. The molecular weight excluding hydrogens is 475 g/mol. The van der Waals surface area contributed by atoms with Crippen LogP contribution in [0.15, 0.2) is 93.6 Å². The quantitative estimate of drug-likeness (QED) is 0.251. The molecule has 5 aromatic rings. The summed E-state index contributed by atoms with van der Waals surface area (Å²) in [6.07, 6.45) is 1.60. The summed E-state index contributed by atoms with van der Waals surface area (Å²) in [4.78, 5) is 31.4. The van der Waals surface area contributed by atoms with Gasteiger partial charge in [-0.3, -0.25) is 18.9 Å². The summed E-state index contributed by atoms with van der Waals surface area (Å²) >= 11 is 0. The highest BCUT2D eigenvalue weighted by Crippen LogP contribution is 2.18. The van der Waals surface area contributed by atoms with Crippen molar-refractivity contribution >= 4 is 23.3 Å². The molecule has 0 bridgehead atoms. The number of anilines is 1. The number of rotatable bonds is 8. The Morgan fingerprint density at radius 2 is 1.73 bits per heavy atom. The predicted molar refractivity (Wildman–Crippen MR) is 140 cm³/mol. The maximum atomic E-state index is 13.4. The topological polar surface area (TPSA) is 106 Å². The zero-order chi connectivity index (χ0) is 25.8. The van der Waals surface area contributed by atoms with Crippen molar-refractivity contribution in [3.63, 3.8) is 0 Å². The molecule has 0 unspecified atom stereocenters. The third-order valence-electron chi connectivity index (χ3n) is 5.77. The van der Waals surface area contributed by atoms with Crippen molar-refractivity contribution in [2.24, 2.45) is 12.1 Å². The second-order valence-electron chi connectivity index (χ2n) is 8.35. The maximum Gasteiger partial charge on any atom is 0.329 e. The van der Waals surface area contributed by atoms with Crippen molar-refractivity contribution in [1.82, 2.24) is 19.1 Å². The summed E-state index contributed by atoms with van der Waals surface area (Å²) in [6.45, 7) is 0.686. The monoisotopic (exact) mass is 498 g/mol. The van der Waals surface area contributed by atoms with Crippen molar-refractivity contribution in [2.75, 3.05) is 5.43 Å². The van der Waals surface area contributed by atoms with Crippen molar-refractivity contribution in [2.45, 2.75) is 13.2 Å². The molecule has 0 atom stereocenters. The molecule has 3 aromatic carbocycles. The van der Waals surface area contributed by atoms with Crippen LogP contribution in [0.25, 0.3) is 11.2 Å². The maximum absolute atomic E-state index is 13.4. The number of aryl methyl sites for hydroxylation is 1. The van der Waals surface area contributed by atoms with E-state index in [1.165, 1.54) is 23.7 Å². The van der Waals surface area contributed by atoms with Crippen LogP contribution in [0.3, 0.4) is 0 Å². The van der Waals surface area contributed by atoms with Crippen LogP contribution in [0, 0.1) is 5.82 Å². The first-order valence-electron chi connectivity index (χ1n) is 11.5. The van der Waals surface area contributed by atoms with Gasteiger partial charge in [0.2, 0.25) is 5.95 Å². The number of nitrogens with zero attached hydrogens (tertiary/aromatic N) is 4. The van der Waals surface area contributed by atoms with Gasteiger partial charge in [0.15, 0.2) is 11.2 Å². The van der Waals surface area contributed by atoms with Crippen LogP contribution in [0.4, 0.5) is 10.3 Å². The molecule has 5 rings (SSSR count). The van der Waals surface area contributed by atoms with Crippen molar-refractivity contribution in [1.29, 1.82) is 0 Å². The molecule has 37 heavy (non-hydrogen) atoms. The van der Waals surface area contributed by atoms with Crippen LogP contribution in [-0.4, -0.2) is 25.3 Å². The molecule has 0 radical (unpaired) electrons. The fourth-order valence-electron chi connectivity index (χ4n) is 3.80. The minimum atomic E-state index is -0.575. The van der Waals surface area contributed by atoms with Gasteiger partial charge in [-0.05, 0) is 53.1 Å². The van der Waals surface area contributed by atoms with Gasteiger partial charge in [0.25, 0.3) is 5.56 Å². The number of aromatic nitrogens is 4. The summed E-state index contributed by atoms with van der Waals surface area (Å²) < 4.78 is 22.0. The lowest BCUT2D eigenvalue weighted by Gasteiger charge is -2.08. The number of hydrogen-bond donors (Lipinski definition) is 2. The zero-order valence-electron chi connectivity index (χ0n) is 19.9. The van der Waals surface area contributed by atoms with Crippen LogP contribution < -0.4 is 21.4 Å². The summed E-state index contributed by atoms with van der Waals surface area (Å²) in [5.74, 6) is 0.624. The van der Waals surface area contributed by atoms with E-state index < -0.39 is 11.2 Å². The van der Waals surface area contributed by atoms with Crippen LogP contribution in [0.1, 0.15) is 16.7 Å². The number of hydrogen-bond acceptors (Lipinski definition) is 6. The Hall–Kier alpha value is -4.99. The van der Waals surface area contributed by atoms with Gasteiger partial charge in [0, 0.05) is 7.05 Å². The van der Waals surface area contributed by atoms with Crippen LogP contribution in [-0.2, 0) is 20.2 Å². The molecule has 2 heterocycles. The van der Waals surface area contributed by atoms with Crippen molar-refractivity contribution in [3.05, 3.63) is 122 Å². The molecular formula is C27H23FN6O3. The molecule has 0 aliphatic rings. The van der Waals surface area contributed by atoms with E-state index in [0.29, 0.717) is 6.61 Å². The molecule has 0 saturated carbocycles. The Morgan fingerprint density at radius 1 is 1.00 bits per heavy atom. The van der Waals surface area contributed by atoms with Gasteiger partial charge in [-0.1, -0.05) is 42.5 Å². The van der Waals surface area contributed by atoms with Crippen molar-refractivity contribution in [3.8, 4) is 5.75 Å².